The fourth-order valence-electron chi connectivity index (χ4n) is 3.74. The van der Waals surface area contributed by atoms with E-state index in [1.165, 1.54) is 19.9 Å². The summed E-state index contributed by atoms with van der Waals surface area (Å²) in [5, 5.41) is 20.6. The predicted molar refractivity (Wildman–Crippen MR) is 91.9 cm³/mol. The molecule has 148 valence electrons. The molecule has 4 atom stereocenters. The van der Waals surface area contributed by atoms with E-state index in [-0.39, 0.29) is 24.2 Å². The predicted octanol–water partition coefficient (Wildman–Crippen LogP) is 2.37. The number of rotatable bonds is 2. The summed E-state index contributed by atoms with van der Waals surface area (Å²) in [6.45, 7) is 5.88. The number of phenolic OH excluding ortho intramolecular Hbond substituents is 2. The van der Waals surface area contributed by atoms with Crippen LogP contribution in [0.15, 0.2) is 6.07 Å². The van der Waals surface area contributed by atoms with Crippen molar-refractivity contribution >= 4 is 11.9 Å². The van der Waals surface area contributed by atoms with Crippen molar-refractivity contribution in [1.82, 2.24) is 0 Å². The lowest BCUT2D eigenvalue weighted by Crippen LogP contribution is -2.60. The quantitative estimate of drug-likeness (QED) is 0.752. The van der Waals surface area contributed by atoms with E-state index in [9.17, 15) is 19.8 Å². The number of carbonyl (C=O) groups excluding carboxylic acids is 2. The Labute approximate surface area is 157 Å². The van der Waals surface area contributed by atoms with Gasteiger partial charge in [0, 0.05) is 30.5 Å². The molecule has 2 aliphatic heterocycles. The molecule has 0 aliphatic carbocycles. The summed E-state index contributed by atoms with van der Waals surface area (Å²) in [5.41, 5.74) is 1.05. The summed E-state index contributed by atoms with van der Waals surface area (Å²) in [6, 6.07) is 1.43. The molecule has 3 rings (SSSR count). The molecule has 1 fully saturated rings. The Morgan fingerprint density at radius 2 is 1.85 bits per heavy atom. The van der Waals surface area contributed by atoms with Crippen LogP contribution >= 0.6 is 0 Å². The van der Waals surface area contributed by atoms with Crippen molar-refractivity contribution in [3.05, 3.63) is 22.8 Å². The Hall–Kier alpha value is -2.32. The Bertz CT molecular complexity index is 773. The molecule has 1 aromatic carbocycles. The Morgan fingerprint density at radius 1 is 1.19 bits per heavy atom. The summed E-state index contributed by atoms with van der Waals surface area (Å²) >= 11 is 0. The normalized spacial score (nSPS) is 29.9. The van der Waals surface area contributed by atoms with E-state index in [2.05, 4.69) is 0 Å². The number of benzene rings is 1. The molecular formula is C19H24O8. The van der Waals surface area contributed by atoms with Crippen molar-refractivity contribution in [2.75, 3.05) is 0 Å². The van der Waals surface area contributed by atoms with E-state index in [0.717, 1.165) is 0 Å². The zero-order chi connectivity index (χ0) is 19.9. The van der Waals surface area contributed by atoms with Gasteiger partial charge in [0.1, 0.15) is 11.5 Å². The van der Waals surface area contributed by atoms with Crippen molar-refractivity contribution in [2.24, 2.45) is 0 Å². The first kappa shape index (κ1) is 19.4. The average Bonchev–Trinajstić information content (AvgIpc) is 2.57. The maximum absolute atomic E-state index is 11.8. The van der Waals surface area contributed by atoms with Crippen molar-refractivity contribution < 1.29 is 38.7 Å². The second-order valence-corrected chi connectivity index (χ2v) is 7.04. The lowest BCUT2D eigenvalue weighted by Gasteiger charge is -2.50. The zero-order valence-corrected chi connectivity index (χ0v) is 15.8. The van der Waals surface area contributed by atoms with Gasteiger partial charge in [-0.2, -0.15) is 0 Å². The third-order valence-electron chi connectivity index (χ3n) is 5.02. The maximum Gasteiger partial charge on any atom is 0.303 e. The van der Waals surface area contributed by atoms with Gasteiger partial charge in [-0.05, 0) is 32.8 Å². The van der Waals surface area contributed by atoms with Crippen LogP contribution in [0.1, 0.15) is 56.4 Å². The molecule has 1 aromatic rings. The minimum Gasteiger partial charge on any atom is -0.508 e. The molecule has 8 nitrogen and oxygen atoms in total. The highest BCUT2D eigenvalue weighted by Crippen LogP contribution is 2.51. The van der Waals surface area contributed by atoms with Crippen molar-refractivity contribution in [3.8, 4) is 11.5 Å². The summed E-state index contributed by atoms with van der Waals surface area (Å²) in [4.78, 5) is 23.5. The highest BCUT2D eigenvalue weighted by atomic mass is 16.7. The number of fused-ring (bicyclic) bond motifs is 1. The first-order valence-electron chi connectivity index (χ1n) is 8.86. The van der Waals surface area contributed by atoms with E-state index in [0.29, 0.717) is 29.5 Å². The van der Waals surface area contributed by atoms with E-state index in [1.54, 1.807) is 6.92 Å². The summed E-state index contributed by atoms with van der Waals surface area (Å²) in [7, 11) is 0. The number of phenols is 2. The molecule has 0 radical (unpaired) electrons. The fourth-order valence-corrected chi connectivity index (χ4v) is 3.74. The lowest BCUT2D eigenvalue weighted by molar-refractivity contribution is -0.366. The average molecular weight is 380 g/mol. The highest BCUT2D eigenvalue weighted by molar-refractivity contribution is 5.68. The van der Waals surface area contributed by atoms with Crippen LogP contribution < -0.4 is 0 Å². The smallest absolute Gasteiger partial charge is 0.303 e. The second-order valence-electron chi connectivity index (χ2n) is 7.04. The van der Waals surface area contributed by atoms with Gasteiger partial charge in [0.05, 0.1) is 12.7 Å². The van der Waals surface area contributed by atoms with Gasteiger partial charge in [0.2, 0.25) is 5.79 Å². The largest absolute Gasteiger partial charge is 0.508 e. The SMILES string of the molecule is CC(=O)O[C@@H]1c2cc(O)c(C)c(O)c2CO[C@@]12O[C@@H](C)CC[C@H]2OC(C)=O. The van der Waals surface area contributed by atoms with Crippen LogP contribution in [0.5, 0.6) is 11.5 Å². The monoisotopic (exact) mass is 380 g/mol. The van der Waals surface area contributed by atoms with Crippen LogP contribution in [0.3, 0.4) is 0 Å². The number of hydrogen-bond acceptors (Lipinski definition) is 8. The number of ether oxygens (including phenoxy) is 4. The number of esters is 2. The van der Waals surface area contributed by atoms with E-state index >= 15 is 0 Å². The second kappa shape index (κ2) is 7.01. The molecule has 0 amide bonds. The van der Waals surface area contributed by atoms with Gasteiger partial charge in [-0.1, -0.05) is 0 Å². The topological polar surface area (TPSA) is 112 Å². The molecule has 1 saturated heterocycles. The van der Waals surface area contributed by atoms with Crippen molar-refractivity contribution in [1.29, 1.82) is 0 Å². The van der Waals surface area contributed by atoms with Crippen LogP contribution in [-0.2, 0) is 35.1 Å². The van der Waals surface area contributed by atoms with Gasteiger partial charge in [-0.25, -0.2) is 0 Å². The number of aromatic hydroxyl groups is 2. The molecule has 0 unspecified atom stereocenters. The van der Waals surface area contributed by atoms with Crippen LogP contribution in [0.4, 0.5) is 0 Å². The Balaban J connectivity index is 2.16. The highest BCUT2D eigenvalue weighted by Gasteiger charge is 2.58. The third-order valence-corrected chi connectivity index (χ3v) is 5.02. The van der Waals surface area contributed by atoms with Crippen LogP contribution in [0.2, 0.25) is 0 Å². The van der Waals surface area contributed by atoms with Crippen LogP contribution in [0.25, 0.3) is 0 Å². The molecule has 2 heterocycles. The Kier molecular flexibility index (Phi) is 5.05. The summed E-state index contributed by atoms with van der Waals surface area (Å²) in [6.07, 6.45) is -1.08. The van der Waals surface area contributed by atoms with Crippen molar-refractivity contribution in [2.45, 2.75) is 71.2 Å². The molecule has 0 bridgehead atoms. The molecule has 0 aromatic heterocycles. The molecule has 8 heteroatoms. The molecular weight excluding hydrogens is 356 g/mol. The standard InChI is InChI=1S/C19H24O8/c1-9-5-6-16(25-11(3)20)19(27-9)18(26-12(4)21)13-7-15(22)10(2)17(23)14(13)8-24-19/h7,9,16,18,22-23H,5-6,8H2,1-4H3/t9-,16+,18+,19-/m0/s1. The van der Waals surface area contributed by atoms with Crippen molar-refractivity contribution in [3.63, 3.8) is 0 Å². The fraction of sp³-hybridized carbons (Fsp3) is 0.579. The molecule has 1 spiro atoms. The lowest BCUT2D eigenvalue weighted by atomic mass is 9.84. The minimum absolute atomic E-state index is 0.0511. The van der Waals surface area contributed by atoms with E-state index in [1.807, 2.05) is 6.92 Å². The van der Waals surface area contributed by atoms with E-state index in [4.69, 9.17) is 18.9 Å². The van der Waals surface area contributed by atoms with Crippen LogP contribution in [-0.4, -0.2) is 40.1 Å². The summed E-state index contributed by atoms with van der Waals surface area (Å²) in [5.74, 6) is -2.95. The van der Waals surface area contributed by atoms with Gasteiger partial charge in [-0.3, -0.25) is 9.59 Å². The van der Waals surface area contributed by atoms with Gasteiger partial charge in [-0.15, -0.1) is 0 Å². The molecule has 0 saturated carbocycles. The van der Waals surface area contributed by atoms with Gasteiger partial charge in [0.25, 0.3) is 0 Å². The Morgan fingerprint density at radius 3 is 2.48 bits per heavy atom. The first-order chi connectivity index (χ1) is 12.7. The third kappa shape index (κ3) is 3.35. The first-order valence-corrected chi connectivity index (χ1v) is 8.86. The maximum atomic E-state index is 11.8. The van der Waals surface area contributed by atoms with Gasteiger partial charge in [0.15, 0.2) is 12.2 Å². The zero-order valence-electron chi connectivity index (χ0n) is 15.8. The number of hydrogen-bond donors (Lipinski definition) is 2. The minimum atomic E-state index is -1.56. The van der Waals surface area contributed by atoms with Gasteiger partial charge < -0.3 is 29.2 Å². The molecule has 2 N–H and O–H groups in total. The molecule has 2 aliphatic rings. The van der Waals surface area contributed by atoms with Crippen LogP contribution in [0, 0.1) is 6.92 Å². The van der Waals surface area contributed by atoms with E-state index < -0.39 is 29.9 Å². The summed E-state index contributed by atoms with van der Waals surface area (Å²) < 4.78 is 23.0. The van der Waals surface area contributed by atoms with Gasteiger partial charge >= 0.3 is 11.9 Å². The molecule has 27 heavy (non-hydrogen) atoms. The number of carbonyl (C=O) groups is 2.